The van der Waals surface area contributed by atoms with Crippen molar-refractivity contribution in [2.75, 3.05) is 25.0 Å². The van der Waals surface area contributed by atoms with Crippen LogP contribution in [0, 0.1) is 11.8 Å². The summed E-state index contributed by atoms with van der Waals surface area (Å²) in [6.07, 6.45) is -11.0. The number of anilines is 1. The maximum atomic E-state index is 14.5. The normalized spacial score (nSPS) is 27.9. The highest BCUT2D eigenvalue weighted by Crippen LogP contribution is 2.31. The lowest BCUT2D eigenvalue weighted by Crippen LogP contribution is -2.64. The highest BCUT2D eigenvalue weighted by molar-refractivity contribution is 5.99. The van der Waals surface area contributed by atoms with E-state index in [1.54, 1.807) is 0 Å². The molecule has 3 aliphatic heterocycles. The molecule has 4 rings (SSSR count). The predicted octanol–water partition coefficient (Wildman–Crippen LogP) is -4.44. The summed E-state index contributed by atoms with van der Waals surface area (Å²) < 4.78 is 0. The number of phenols is 1. The third kappa shape index (κ3) is 18.7. The molecule has 3 fully saturated rings. The summed E-state index contributed by atoms with van der Waals surface area (Å²) >= 11 is 0. The topological polar surface area (TPSA) is 466 Å². The van der Waals surface area contributed by atoms with Crippen molar-refractivity contribution in [2.45, 2.75) is 203 Å². The van der Waals surface area contributed by atoms with E-state index >= 15 is 0 Å². The maximum absolute atomic E-state index is 14.5. The summed E-state index contributed by atoms with van der Waals surface area (Å²) in [5.41, 5.74) is 10.1. The standard InChI is InChI=1S/C52H84N10O18/c1-5-25(2)18-26(3)12-10-8-6-7-9-11-13-38(70)56-31-21-36(68)48(76)60-50(78)43-34(66)16-17-61(43)52(80)41(35(67)22-37(54)69)58-49(77)42(45(73)44(72)28-14-15-33(65)30(19-28)55-39(71)23-53)59-47(75)32-20-29(64)24-62(32)51(79)40(27(4)63)57-46(31)74/h14-15,19,25-27,29,31-32,34-36,40-45,48,63-68,72-73,76H,5-13,16-18,20-24,53H2,1-4H3,(H2,54,69)(H,55,71)(H,56,70)(H,57,74)(H,58,77)(H,59,75)(H,60,78)/t25?,26?,27-,29-,31+,32+,34+,35-,36-,40+,41+,42+,43+,44+,45+,48-/m1/s1. The summed E-state index contributed by atoms with van der Waals surface area (Å²) in [5.74, 6) is -10.0. The van der Waals surface area contributed by atoms with Gasteiger partial charge in [-0.15, -0.1) is 0 Å². The molecule has 0 aromatic heterocycles. The third-order valence-corrected chi connectivity index (χ3v) is 14.9. The molecule has 3 aliphatic rings. The second-order valence-corrected chi connectivity index (χ2v) is 21.5. The molecular weight excluding hydrogens is 1050 g/mol. The number of carbonyl (C=O) groups excluding carboxylic acids is 9. The third-order valence-electron chi connectivity index (χ3n) is 14.9. The number of hydrogen-bond acceptors (Lipinski definition) is 19. The van der Waals surface area contributed by atoms with E-state index in [2.05, 4.69) is 47.4 Å². The zero-order valence-electron chi connectivity index (χ0n) is 45.7. The Morgan fingerprint density at radius 1 is 0.738 bits per heavy atom. The number of unbranched alkanes of at least 4 members (excludes halogenated alkanes) is 5. The average molecular weight is 1140 g/mol. The van der Waals surface area contributed by atoms with Gasteiger partial charge in [-0.2, -0.15) is 0 Å². The molecule has 19 N–H and O–H groups in total. The molecule has 0 saturated carbocycles. The number of aliphatic hydroxyl groups is 8. The van der Waals surface area contributed by atoms with Crippen molar-refractivity contribution < 1.29 is 89.1 Å². The van der Waals surface area contributed by atoms with Gasteiger partial charge in [0, 0.05) is 32.4 Å². The molecule has 3 saturated heterocycles. The lowest BCUT2D eigenvalue weighted by Gasteiger charge is -2.34. The van der Waals surface area contributed by atoms with Gasteiger partial charge in [0.05, 0.1) is 43.1 Å². The summed E-state index contributed by atoms with van der Waals surface area (Å²) in [7, 11) is 0. The lowest BCUT2D eigenvalue weighted by molar-refractivity contribution is -0.149. The second-order valence-electron chi connectivity index (χ2n) is 21.5. The van der Waals surface area contributed by atoms with Gasteiger partial charge >= 0.3 is 0 Å². The first-order valence-electron chi connectivity index (χ1n) is 27.4. The fraction of sp³-hybridized carbons (Fsp3) is 0.712. The van der Waals surface area contributed by atoms with Crippen LogP contribution in [0.3, 0.4) is 0 Å². The highest BCUT2D eigenvalue weighted by Gasteiger charge is 2.49. The summed E-state index contributed by atoms with van der Waals surface area (Å²) in [4.78, 5) is 125. The Morgan fingerprint density at radius 2 is 1.36 bits per heavy atom. The predicted molar refractivity (Wildman–Crippen MR) is 283 cm³/mol. The first-order chi connectivity index (χ1) is 37.7. The Hall–Kier alpha value is -6.11. The number of phenolic OH excluding ortho intramolecular Hbond substituents is 1. The van der Waals surface area contributed by atoms with Crippen LogP contribution in [0.4, 0.5) is 5.69 Å². The molecule has 2 unspecified atom stereocenters. The fourth-order valence-corrected chi connectivity index (χ4v) is 10.2. The van der Waals surface area contributed by atoms with Crippen LogP contribution in [0.2, 0.25) is 0 Å². The number of benzene rings is 1. The van der Waals surface area contributed by atoms with E-state index in [4.69, 9.17) is 11.5 Å². The van der Waals surface area contributed by atoms with E-state index in [9.17, 15) is 89.1 Å². The second kappa shape index (κ2) is 31.2. The number of hydrogen-bond donors (Lipinski definition) is 17. The number of carbonyl (C=O) groups is 9. The van der Waals surface area contributed by atoms with Crippen LogP contribution >= 0.6 is 0 Å². The van der Waals surface area contributed by atoms with Crippen molar-refractivity contribution in [3.8, 4) is 5.75 Å². The molecule has 450 valence electrons. The minimum atomic E-state index is -2.51. The van der Waals surface area contributed by atoms with E-state index < -0.39 is 183 Å². The van der Waals surface area contributed by atoms with Crippen molar-refractivity contribution in [3.63, 3.8) is 0 Å². The zero-order valence-corrected chi connectivity index (χ0v) is 45.7. The summed E-state index contributed by atoms with van der Waals surface area (Å²) in [6, 6.07) is -9.31. The highest BCUT2D eigenvalue weighted by atomic mass is 16.3. The summed E-state index contributed by atoms with van der Waals surface area (Å²) in [5, 5.41) is 114. The van der Waals surface area contributed by atoms with Crippen molar-refractivity contribution in [1.82, 2.24) is 36.4 Å². The van der Waals surface area contributed by atoms with Crippen LogP contribution in [-0.2, 0) is 43.2 Å². The molecular formula is C52H84N10O18. The van der Waals surface area contributed by atoms with Gasteiger partial charge in [-0.1, -0.05) is 71.8 Å². The number of nitrogens with two attached hydrogens (primary N) is 2. The Labute approximate surface area is 463 Å². The Kier molecular flexibility index (Phi) is 25.9. The van der Waals surface area contributed by atoms with E-state index in [0.717, 1.165) is 68.5 Å². The molecule has 0 aliphatic carbocycles. The van der Waals surface area contributed by atoms with Gasteiger partial charge in [-0.05, 0) is 55.7 Å². The smallest absolute Gasteiger partial charge is 0.248 e. The van der Waals surface area contributed by atoms with E-state index in [0.29, 0.717) is 29.6 Å². The number of primary amides is 1. The Morgan fingerprint density at radius 3 is 2.00 bits per heavy atom. The number of fused-ring (bicyclic) bond motifs is 2. The first-order valence-corrected chi connectivity index (χ1v) is 27.4. The molecule has 9 amide bonds. The summed E-state index contributed by atoms with van der Waals surface area (Å²) in [6.45, 7) is 6.09. The van der Waals surface area contributed by atoms with Gasteiger partial charge in [0.2, 0.25) is 53.2 Å². The largest absolute Gasteiger partial charge is 0.506 e. The fourth-order valence-electron chi connectivity index (χ4n) is 10.2. The molecule has 3 heterocycles. The van der Waals surface area contributed by atoms with Crippen molar-refractivity contribution in [2.24, 2.45) is 23.3 Å². The zero-order chi connectivity index (χ0) is 59.7. The SMILES string of the molecule is CCC(C)CC(C)CCCCCCCCC(=O)N[C@H]1C[C@@H](O)[C@@H](O)NC(=O)[C@@H]2[C@@H](O)CCN2C(=O)[C@H]([C@H](O)CC(N)=O)NC(=O)[C@H]([C@H](O)[C@@H](O)c2ccc(O)c(NC(=O)CN)c2)NC(=O)[C@@H]2C[C@@H](O)CN2C(=O)[C@H]([C@@H](C)O)NC1=O. The van der Waals surface area contributed by atoms with Crippen LogP contribution in [0.15, 0.2) is 18.2 Å². The molecule has 0 spiro atoms. The molecule has 16 atom stereocenters. The van der Waals surface area contributed by atoms with Crippen LogP contribution < -0.4 is 43.4 Å². The van der Waals surface area contributed by atoms with Gasteiger partial charge < -0.3 is 99.1 Å². The monoisotopic (exact) mass is 1140 g/mol. The first kappa shape index (κ1) is 66.4. The Balaban J connectivity index is 1.73. The molecule has 1 aromatic carbocycles. The van der Waals surface area contributed by atoms with Gasteiger partial charge in [0.15, 0.2) is 6.23 Å². The number of nitrogens with zero attached hydrogens (tertiary/aromatic N) is 2. The number of nitrogens with one attached hydrogen (secondary N) is 6. The molecule has 28 heteroatoms. The number of amides is 9. The Bertz CT molecular complexity index is 2310. The maximum Gasteiger partial charge on any atom is 0.248 e. The number of aliphatic hydroxyl groups excluding tert-OH is 8. The van der Waals surface area contributed by atoms with Crippen LogP contribution in [-0.4, -0.2) is 208 Å². The van der Waals surface area contributed by atoms with Crippen LogP contribution in [0.1, 0.15) is 129 Å². The molecule has 80 heavy (non-hydrogen) atoms. The molecule has 28 nitrogen and oxygen atoms in total. The van der Waals surface area contributed by atoms with Gasteiger partial charge in [0.25, 0.3) is 0 Å². The van der Waals surface area contributed by atoms with Gasteiger partial charge in [0.1, 0.15) is 60.3 Å². The molecule has 1 aromatic rings. The van der Waals surface area contributed by atoms with Crippen molar-refractivity contribution in [1.29, 1.82) is 0 Å². The molecule has 0 bridgehead atoms. The minimum Gasteiger partial charge on any atom is -0.506 e. The van der Waals surface area contributed by atoms with Gasteiger partial charge in [-0.3, -0.25) is 43.2 Å². The van der Waals surface area contributed by atoms with Crippen LogP contribution in [0.25, 0.3) is 0 Å². The average Bonchev–Trinajstić information content (AvgIpc) is 4.00. The van der Waals surface area contributed by atoms with E-state index in [-0.39, 0.29) is 24.1 Å². The molecule has 0 radical (unpaired) electrons. The van der Waals surface area contributed by atoms with Crippen molar-refractivity contribution in [3.05, 3.63) is 23.8 Å². The van der Waals surface area contributed by atoms with E-state index in [1.807, 2.05) is 5.32 Å². The minimum absolute atomic E-state index is 0.0993. The van der Waals surface area contributed by atoms with E-state index in [1.165, 1.54) is 6.42 Å². The van der Waals surface area contributed by atoms with Gasteiger partial charge in [-0.25, -0.2) is 0 Å². The number of aromatic hydroxyl groups is 1. The van der Waals surface area contributed by atoms with Crippen molar-refractivity contribution >= 4 is 58.9 Å². The number of rotatable bonds is 22. The quantitative estimate of drug-likeness (QED) is 0.0385. The lowest BCUT2D eigenvalue weighted by atomic mass is 9.91. The van der Waals surface area contributed by atoms with Crippen LogP contribution in [0.5, 0.6) is 5.75 Å².